The second kappa shape index (κ2) is 6.83. The first-order valence-electron chi connectivity index (χ1n) is 6.01. The number of phenolic OH excluding ortho intramolecular Hbond substituents is 1. The Balaban J connectivity index is 0.00000200. The molecule has 2 rings (SSSR count). The quantitative estimate of drug-likeness (QED) is 0.659. The molecule has 112 valence electrons. The van der Waals surface area contributed by atoms with E-state index in [4.69, 9.17) is 10.5 Å². The normalized spacial score (nSPS) is 17.3. The summed E-state index contributed by atoms with van der Waals surface area (Å²) >= 11 is 0. The number of nitro benzene ring substituents is 1. The van der Waals surface area contributed by atoms with Crippen LogP contribution in [0.5, 0.6) is 5.75 Å². The van der Waals surface area contributed by atoms with Crippen molar-refractivity contribution in [2.75, 3.05) is 13.2 Å². The van der Waals surface area contributed by atoms with Crippen molar-refractivity contribution in [3.63, 3.8) is 0 Å². The number of non-ortho nitro benzene ring substituents is 1. The predicted octanol–water partition coefficient (Wildman–Crippen LogP) is 2.29. The summed E-state index contributed by atoms with van der Waals surface area (Å²) in [5.41, 5.74) is 5.68. The molecule has 3 N–H and O–H groups in total. The summed E-state index contributed by atoms with van der Waals surface area (Å²) in [6, 6.07) is 1.19. The van der Waals surface area contributed by atoms with Crippen LogP contribution in [0.4, 0.5) is 10.1 Å². The first kappa shape index (κ1) is 16.6. The molecule has 1 aliphatic heterocycles. The largest absolute Gasteiger partial charge is 0.505 e. The molecule has 0 radical (unpaired) electrons. The molecule has 0 saturated carbocycles. The van der Waals surface area contributed by atoms with E-state index in [0.29, 0.717) is 32.1 Å². The first-order chi connectivity index (χ1) is 9.00. The van der Waals surface area contributed by atoms with E-state index in [0.717, 1.165) is 6.07 Å². The van der Waals surface area contributed by atoms with Crippen molar-refractivity contribution in [3.8, 4) is 5.75 Å². The third-order valence-corrected chi connectivity index (χ3v) is 3.42. The molecular weight excluding hydrogens is 291 g/mol. The lowest BCUT2D eigenvalue weighted by Gasteiger charge is -2.28. The van der Waals surface area contributed by atoms with Gasteiger partial charge in [-0.3, -0.25) is 10.1 Å². The van der Waals surface area contributed by atoms with Crippen LogP contribution in [0.1, 0.15) is 24.4 Å². The molecule has 0 aliphatic carbocycles. The number of rotatable bonds is 3. The van der Waals surface area contributed by atoms with Crippen molar-refractivity contribution in [1.82, 2.24) is 0 Å². The maximum Gasteiger partial charge on any atom is 0.272 e. The van der Waals surface area contributed by atoms with Gasteiger partial charge in [-0.25, -0.2) is 4.39 Å². The summed E-state index contributed by atoms with van der Waals surface area (Å²) < 4.78 is 18.7. The number of benzene rings is 1. The van der Waals surface area contributed by atoms with Crippen molar-refractivity contribution >= 4 is 18.1 Å². The minimum absolute atomic E-state index is 0. The molecule has 8 heteroatoms. The van der Waals surface area contributed by atoms with Gasteiger partial charge in [0.1, 0.15) is 0 Å². The van der Waals surface area contributed by atoms with E-state index in [9.17, 15) is 19.6 Å². The number of hydrogen-bond donors (Lipinski definition) is 2. The van der Waals surface area contributed by atoms with E-state index in [1.54, 1.807) is 0 Å². The van der Waals surface area contributed by atoms with Crippen LogP contribution < -0.4 is 5.73 Å². The van der Waals surface area contributed by atoms with Crippen molar-refractivity contribution in [2.24, 2.45) is 11.7 Å². The van der Waals surface area contributed by atoms with Gasteiger partial charge in [0, 0.05) is 30.9 Å². The molecule has 20 heavy (non-hydrogen) atoms. The van der Waals surface area contributed by atoms with E-state index in [1.165, 1.54) is 0 Å². The van der Waals surface area contributed by atoms with Crippen LogP contribution in [0.15, 0.2) is 12.1 Å². The molecule has 0 aromatic heterocycles. The molecule has 0 spiro atoms. The van der Waals surface area contributed by atoms with E-state index in [2.05, 4.69) is 0 Å². The monoisotopic (exact) mass is 306 g/mol. The summed E-state index contributed by atoms with van der Waals surface area (Å²) in [6.07, 6.45) is 1.37. The number of nitro groups is 1. The number of hydrogen-bond acceptors (Lipinski definition) is 5. The summed E-state index contributed by atoms with van der Waals surface area (Å²) in [6.45, 7) is 1.10. The van der Waals surface area contributed by atoms with Crippen LogP contribution in [0, 0.1) is 21.8 Å². The zero-order chi connectivity index (χ0) is 14.0. The molecule has 1 aromatic rings. The van der Waals surface area contributed by atoms with Gasteiger partial charge in [0.05, 0.1) is 11.0 Å². The Bertz CT molecular complexity index is 495. The van der Waals surface area contributed by atoms with Gasteiger partial charge in [0.25, 0.3) is 5.69 Å². The molecule has 1 atom stereocenters. The zero-order valence-corrected chi connectivity index (χ0v) is 11.4. The number of nitrogens with zero attached hydrogens (tertiary/aromatic N) is 1. The van der Waals surface area contributed by atoms with Crippen molar-refractivity contribution < 1.29 is 19.2 Å². The van der Waals surface area contributed by atoms with Crippen molar-refractivity contribution in [1.29, 1.82) is 0 Å². The van der Waals surface area contributed by atoms with E-state index >= 15 is 0 Å². The molecule has 1 fully saturated rings. The zero-order valence-electron chi connectivity index (χ0n) is 10.6. The van der Waals surface area contributed by atoms with E-state index in [-0.39, 0.29) is 23.9 Å². The summed E-state index contributed by atoms with van der Waals surface area (Å²) in [7, 11) is 0. The summed E-state index contributed by atoms with van der Waals surface area (Å²) in [5, 5.41) is 20.4. The van der Waals surface area contributed by atoms with Crippen molar-refractivity contribution in [3.05, 3.63) is 33.6 Å². The third kappa shape index (κ3) is 3.36. The van der Waals surface area contributed by atoms with Crippen molar-refractivity contribution in [2.45, 2.75) is 18.9 Å². The molecule has 1 heterocycles. The fourth-order valence-corrected chi connectivity index (χ4v) is 2.29. The van der Waals surface area contributed by atoms with Gasteiger partial charge in [0.2, 0.25) is 0 Å². The molecule has 0 unspecified atom stereocenters. The Morgan fingerprint density at radius 2 is 2.05 bits per heavy atom. The van der Waals surface area contributed by atoms with Crippen LogP contribution in [0.2, 0.25) is 0 Å². The average Bonchev–Trinajstić information content (AvgIpc) is 2.41. The smallest absolute Gasteiger partial charge is 0.272 e. The highest BCUT2D eigenvalue weighted by molar-refractivity contribution is 5.85. The molecule has 1 aliphatic rings. The molecule has 0 amide bonds. The Morgan fingerprint density at radius 1 is 1.45 bits per heavy atom. The average molecular weight is 307 g/mol. The standard InChI is InChI=1S/C12H15FN2O4.ClH/c13-10-6-8(15(17)18)5-9(12(10)16)11(14)7-1-3-19-4-2-7;/h5-7,11,16H,1-4,14H2;1H/t11-;/m0./s1. The maximum atomic E-state index is 13.5. The predicted molar refractivity (Wildman–Crippen MR) is 72.4 cm³/mol. The maximum absolute atomic E-state index is 13.5. The molecule has 1 aromatic carbocycles. The van der Waals surface area contributed by atoms with Gasteiger partial charge in [-0.2, -0.15) is 0 Å². The van der Waals surface area contributed by atoms with Gasteiger partial charge in [0.15, 0.2) is 11.6 Å². The molecular formula is C12H16ClFN2O4. The second-order valence-corrected chi connectivity index (χ2v) is 4.60. The van der Waals surface area contributed by atoms with Crippen LogP contribution in [0.3, 0.4) is 0 Å². The molecule has 6 nitrogen and oxygen atoms in total. The number of halogens is 2. The fraction of sp³-hybridized carbons (Fsp3) is 0.500. The fourth-order valence-electron chi connectivity index (χ4n) is 2.29. The lowest BCUT2D eigenvalue weighted by Crippen LogP contribution is -2.27. The van der Waals surface area contributed by atoms with Crippen LogP contribution in [0.25, 0.3) is 0 Å². The number of nitrogens with two attached hydrogens (primary N) is 1. The van der Waals surface area contributed by atoms with Gasteiger partial charge < -0.3 is 15.6 Å². The lowest BCUT2D eigenvalue weighted by molar-refractivity contribution is -0.385. The highest BCUT2D eigenvalue weighted by Gasteiger charge is 2.27. The number of phenols is 1. The molecule has 0 bridgehead atoms. The van der Waals surface area contributed by atoms with Gasteiger partial charge in [-0.05, 0) is 18.8 Å². The van der Waals surface area contributed by atoms with Crippen LogP contribution in [-0.4, -0.2) is 23.2 Å². The minimum Gasteiger partial charge on any atom is -0.505 e. The highest BCUT2D eigenvalue weighted by Crippen LogP contribution is 2.36. The Morgan fingerprint density at radius 3 is 2.60 bits per heavy atom. The topological polar surface area (TPSA) is 98.6 Å². The minimum atomic E-state index is -1.02. The Kier molecular flexibility index (Phi) is 5.67. The second-order valence-electron chi connectivity index (χ2n) is 4.60. The lowest BCUT2D eigenvalue weighted by atomic mass is 9.87. The Hall–Kier alpha value is -1.44. The number of aromatic hydroxyl groups is 1. The first-order valence-corrected chi connectivity index (χ1v) is 6.01. The number of ether oxygens (including phenoxy) is 1. The van der Waals surface area contributed by atoms with Gasteiger partial charge >= 0.3 is 0 Å². The van der Waals surface area contributed by atoms with Crippen LogP contribution in [-0.2, 0) is 4.74 Å². The Labute approximate surface area is 121 Å². The van der Waals surface area contributed by atoms with Gasteiger partial charge in [-0.15, -0.1) is 12.4 Å². The van der Waals surface area contributed by atoms with Crippen LogP contribution >= 0.6 is 12.4 Å². The van der Waals surface area contributed by atoms with Gasteiger partial charge in [-0.1, -0.05) is 0 Å². The molecule has 1 saturated heterocycles. The van der Waals surface area contributed by atoms with E-state index in [1.807, 2.05) is 0 Å². The highest BCUT2D eigenvalue weighted by atomic mass is 35.5. The summed E-state index contributed by atoms with van der Waals surface area (Å²) in [5.74, 6) is -1.61. The SMILES string of the molecule is Cl.N[C@H](c1cc([N+](=O)[O-])cc(F)c1O)C1CCOCC1. The third-order valence-electron chi connectivity index (χ3n) is 3.42. The summed E-state index contributed by atoms with van der Waals surface area (Å²) in [4.78, 5) is 10.0. The van der Waals surface area contributed by atoms with E-state index < -0.39 is 28.2 Å².